The van der Waals surface area contributed by atoms with Crippen molar-refractivity contribution in [1.29, 1.82) is 0 Å². The monoisotopic (exact) mass is 410 g/mol. The van der Waals surface area contributed by atoms with Gasteiger partial charge in [0, 0.05) is 30.6 Å². The van der Waals surface area contributed by atoms with Crippen molar-refractivity contribution >= 4 is 5.91 Å². The van der Waals surface area contributed by atoms with Crippen LogP contribution < -0.4 is 0 Å². The summed E-state index contributed by atoms with van der Waals surface area (Å²) in [6.45, 7) is 5.26. The number of carbonyl (C=O) groups excluding carboxylic acids is 1. The Kier molecular flexibility index (Phi) is 5.61. The van der Waals surface area contributed by atoms with Gasteiger partial charge in [0.1, 0.15) is 0 Å². The van der Waals surface area contributed by atoms with E-state index in [1.807, 2.05) is 18.2 Å². The number of nitrogens with zero attached hydrogens (tertiary/aromatic N) is 2. The third-order valence-corrected chi connectivity index (χ3v) is 7.07. The highest BCUT2D eigenvalue weighted by molar-refractivity contribution is 5.99. The van der Waals surface area contributed by atoms with E-state index in [4.69, 9.17) is 0 Å². The van der Waals surface area contributed by atoms with Gasteiger partial charge in [0.15, 0.2) is 0 Å². The van der Waals surface area contributed by atoms with Crippen LogP contribution in [0.5, 0.6) is 0 Å². The van der Waals surface area contributed by atoms with E-state index in [9.17, 15) is 4.79 Å². The highest BCUT2D eigenvalue weighted by Gasteiger charge is 2.40. The summed E-state index contributed by atoms with van der Waals surface area (Å²) in [4.78, 5) is 17.7. The van der Waals surface area contributed by atoms with Gasteiger partial charge in [-0.05, 0) is 49.1 Å². The summed E-state index contributed by atoms with van der Waals surface area (Å²) in [5.41, 5.74) is 4.83. The van der Waals surface area contributed by atoms with Gasteiger partial charge in [0.2, 0.25) is 0 Å². The number of hydrogen-bond donors (Lipinski definition) is 0. The quantitative estimate of drug-likeness (QED) is 0.536. The fourth-order valence-corrected chi connectivity index (χ4v) is 5.45. The molecule has 1 fully saturated rings. The average Bonchev–Trinajstić information content (AvgIpc) is 3.38. The Morgan fingerprint density at radius 3 is 2.13 bits per heavy atom. The lowest BCUT2D eigenvalue weighted by Crippen LogP contribution is -2.39. The van der Waals surface area contributed by atoms with Crippen molar-refractivity contribution in [1.82, 2.24) is 9.80 Å². The average molecular weight is 411 g/mol. The molecule has 158 valence electrons. The van der Waals surface area contributed by atoms with Gasteiger partial charge in [0.05, 0.1) is 6.04 Å². The summed E-state index contributed by atoms with van der Waals surface area (Å²) in [6, 6.07) is 30.3. The smallest absolute Gasteiger partial charge is 0.255 e. The molecule has 31 heavy (non-hydrogen) atoms. The molecule has 0 aromatic heterocycles. The number of fused-ring (bicyclic) bond motifs is 1. The van der Waals surface area contributed by atoms with E-state index in [0.29, 0.717) is 12.0 Å². The van der Waals surface area contributed by atoms with Crippen LogP contribution in [0.25, 0.3) is 0 Å². The van der Waals surface area contributed by atoms with Crippen molar-refractivity contribution in [3.8, 4) is 0 Å². The Bertz CT molecular complexity index is 994. The van der Waals surface area contributed by atoms with Gasteiger partial charge in [0.25, 0.3) is 5.91 Å². The number of amides is 1. The van der Waals surface area contributed by atoms with Gasteiger partial charge in [-0.15, -0.1) is 0 Å². The first-order valence-corrected chi connectivity index (χ1v) is 11.5. The van der Waals surface area contributed by atoms with Crippen molar-refractivity contribution in [3.05, 3.63) is 107 Å². The number of likely N-dealkylation sites (tertiary alicyclic amines) is 1. The lowest BCUT2D eigenvalue weighted by atomic mass is 9.88. The van der Waals surface area contributed by atoms with Crippen LogP contribution in [0, 0.1) is 0 Å². The minimum absolute atomic E-state index is 0.176. The zero-order chi connectivity index (χ0) is 21.2. The topological polar surface area (TPSA) is 23.6 Å². The van der Waals surface area contributed by atoms with E-state index in [1.54, 1.807) is 0 Å². The number of hydrogen-bond acceptors (Lipinski definition) is 2. The SMILES string of the molecule is CC1c2ccccc2C(=O)N1C1CCN(CCC(c2ccccc2)c2ccccc2)C1. The summed E-state index contributed by atoms with van der Waals surface area (Å²) in [7, 11) is 0. The molecule has 0 bridgehead atoms. The fourth-order valence-electron chi connectivity index (χ4n) is 5.45. The molecule has 3 aromatic rings. The molecule has 0 N–H and O–H groups in total. The van der Waals surface area contributed by atoms with Gasteiger partial charge in [-0.25, -0.2) is 0 Å². The van der Waals surface area contributed by atoms with E-state index in [-0.39, 0.29) is 11.9 Å². The molecule has 0 saturated carbocycles. The van der Waals surface area contributed by atoms with Crippen molar-refractivity contribution in [2.75, 3.05) is 19.6 Å². The molecule has 0 radical (unpaired) electrons. The summed E-state index contributed by atoms with van der Waals surface area (Å²) >= 11 is 0. The lowest BCUT2D eigenvalue weighted by Gasteiger charge is -2.29. The Morgan fingerprint density at radius 2 is 1.48 bits per heavy atom. The summed E-state index contributed by atoms with van der Waals surface area (Å²) < 4.78 is 0. The summed E-state index contributed by atoms with van der Waals surface area (Å²) in [5, 5.41) is 0. The first kappa shape index (κ1) is 20.0. The number of rotatable bonds is 6. The van der Waals surface area contributed by atoms with E-state index in [0.717, 1.165) is 38.0 Å². The van der Waals surface area contributed by atoms with Gasteiger partial charge in [-0.3, -0.25) is 4.79 Å². The highest BCUT2D eigenvalue weighted by Crippen LogP contribution is 2.37. The second-order valence-corrected chi connectivity index (χ2v) is 8.88. The normalized spacial score (nSPS) is 21.1. The summed E-state index contributed by atoms with van der Waals surface area (Å²) in [6.07, 6.45) is 2.15. The van der Waals surface area contributed by atoms with E-state index >= 15 is 0 Å². The maximum atomic E-state index is 13.0. The minimum atomic E-state index is 0.176. The van der Waals surface area contributed by atoms with Crippen LogP contribution >= 0.6 is 0 Å². The molecule has 0 aliphatic carbocycles. The fraction of sp³-hybridized carbons (Fsp3) is 0.321. The van der Waals surface area contributed by atoms with Crippen LogP contribution in [0.2, 0.25) is 0 Å². The standard InChI is InChI=1S/C28H30N2O/c1-21-25-14-8-9-15-27(25)28(31)30(21)24-16-18-29(20-24)19-17-26(22-10-4-2-5-11-22)23-12-6-3-7-13-23/h2-15,21,24,26H,16-20H2,1H3. The number of carbonyl (C=O) groups is 1. The van der Waals surface area contributed by atoms with Gasteiger partial charge < -0.3 is 9.80 Å². The molecule has 0 spiro atoms. The molecule has 1 saturated heterocycles. The van der Waals surface area contributed by atoms with Crippen molar-refractivity contribution in [3.63, 3.8) is 0 Å². The highest BCUT2D eigenvalue weighted by atomic mass is 16.2. The predicted molar refractivity (Wildman–Crippen MR) is 125 cm³/mol. The molecule has 1 amide bonds. The Labute approximate surface area is 185 Å². The molecule has 2 atom stereocenters. The van der Waals surface area contributed by atoms with Crippen molar-refractivity contribution in [2.24, 2.45) is 0 Å². The van der Waals surface area contributed by atoms with Crippen LogP contribution in [0.1, 0.15) is 58.8 Å². The van der Waals surface area contributed by atoms with Crippen molar-refractivity contribution < 1.29 is 4.79 Å². The third kappa shape index (κ3) is 3.90. The molecular weight excluding hydrogens is 380 g/mol. The molecule has 2 aliphatic rings. The first-order valence-electron chi connectivity index (χ1n) is 11.5. The molecule has 3 aromatic carbocycles. The maximum Gasteiger partial charge on any atom is 0.255 e. The van der Waals surface area contributed by atoms with Crippen LogP contribution in [0.4, 0.5) is 0 Å². The van der Waals surface area contributed by atoms with Crippen LogP contribution in [-0.4, -0.2) is 41.4 Å². The van der Waals surface area contributed by atoms with E-state index in [1.165, 1.54) is 16.7 Å². The molecule has 2 heterocycles. The predicted octanol–water partition coefficient (Wildman–Crippen LogP) is 5.50. The molecule has 3 nitrogen and oxygen atoms in total. The van der Waals surface area contributed by atoms with E-state index in [2.05, 4.69) is 83.5 Å². The van der Waals surface area contributed by atoms with Gasteiger partial charge in [-0.2, -0.15) is 0 Å². The minimum Gasteiger partial charge on any atom is -0.328 e. The third-order valence-electron chi connectivity index (χ3n) is 7.07. The second-order valence-electron chi connectivity index (χ2n) is 8.88. The number of benzene rings is 3. The molecule has 3 heteroatoms. The van der Waals surface area contributed by atoms with Gasteiger partial charge in [-0.1, -0.05) is 78.9 Å². The van der Waals surface area contributed by atoms with Crippen LogP contribution in [0.15, 0.2) is 84.9 Å². The van der Waals surface area contributed by atoms with Crippen molar-refractivity contribution in [2.45, 2.75) is 37.8 Å². The first-order chi connectivity index (χ1) is 15.2. The van der Waals surface area contributed by atoms with E-state index < -0.39 is 0 Å². The zero-order valence-corrected chi connectivity index (χ0v) is 18.2. The Morgan fingerprint density at radius 1 is 0.871 bits per heavy atom. The Balaban J connectivity index is 1.26. The molecule has 2 aliphatic heterocycles. The van der Waals surface area contributed by atoms with Crippen LogP contribution in [-0.2, 0) is 0 Å². The van der Waals surface area contributed by atoms with Crippen LogP contribution in [0.3, 0.4) is 0 Å². The summed E-state index contributed by atoms with van der Waals surface area (Å²) in [5.74, 6) is 0.611. The lowest BCUT2D eigenvalue weighted by molar-refractivity contribution is 0.0649. The largest absolute Gasteiger partial charge is 0.328 e. The maximum absolute atomic E-state index is 13.0. The molecular formula is C28H30N2O. The molecule has 2 unspecified atom stereocenters. The molecule has 5 rings (SSSR count). The Hall–Kier alpha value is -2.91. The second kappa shape index (κ2) is 8.68. The van der Waals surface area contributed by atoms with Gasteiger partial charge >= 0.3 is 0 Å². The zero-order valence-electron chi connectivity index (χ0n) is 18.2.